The molecule has 138 valence electrons. The maximum atomic E-state index is 12.9. The molecule has 2 N–H and O–H groups in total. The van der Waals surface area contributed by atoms with Crippen LogP contribution in [0.5, 0.6) is 0 Å². The van der Waals surface area contributed by atoms with Gasteiger partial charge in [0.25, 0.3) is 5.91 Å². The molecule has 1 aliphatic rings. The Balaban J connectivity index is 1.63. The fourth-order valence-corrected chi connectivity index (χ4v) is 3.91. The quantitative estimate of drug-likeness (QED) is 0.740. The number of fused-ring (bicyclic) bond motifs is 1. The predicted octanol–water partition coefficient (Wildman–Crippen LogP) is 3.13. The van der Waals surface area contributed by atoms with E-state index in [0.29, 0.717) is 17.8 Å². The zero-order valence-corrected chi connectivity index (χ0v) is 15.0. The van der Waals surface area contributed by atoms with Gasteiger partial charge in [0.15, 0.2) is 5.82 Å². The third kappa shape index (κ3) is 2.81. The number of nitrogens with one attached hydrogen (secondary N) is 1. The van der Waals surface area contributed by atoms with Gasteiger partial charge in [0.05, 0.1) is 17.5 Å². The highest BCUT2D eigenvalue weighted by Crippen LogP contribution is 2.40. The molecule has 0 spiro atoms. The fraction of sp³-hybridized carbons (Fsp3) is 0.250. The fourth-order valence-electron chi connectivity index (χ4n) is 3.91. The van der Waals surface area contributed by atoms with E-state index >= 15 is 0 Å². The molecule has 2 aromatic heterocycles. The first kappa shape index (κ1) is 17.1. The van der Waals surface area contributed by atoms with Crippen molar-refractivity contribution in [3.8, 4) is 5.82 Å². The van der Waals surface area contributed by atoms with Crippen molar-refractivity contribution >= 4 is 11.9 Å². The number of benzene rings is 1. The predicted molar refractivity (Wildman–Crippen MR) is 96.9 cm³/mol. The van der Waals surface area contributed by atoms with Gasteiger partial charge in [-0.1, -0.05) is 29.4 Å². The summed E-state index contributed by atoms with van der Waals surface area (Å²) in [5, 5.41) is 16.4. The number of nitrogens with zero attached hydrogens (tertiary/aromatic N) is 2. The molecule has 0 bridgehead atoms. The van der Waals surface area contributed by atoms with Crippen LogP contribution in [0.4, 0.5) is 0 Å². The van der Waals surface area contributed by atoms with Gasteiger partial charge in [-0.2, -0.15) is 0 Å². The van der Waals surface area contributed by atoms with Crippen LogP contribution >= 0.6 is 0 Å². The van der Waals surface area contributed by atoms with Gasteiger partial charge in [0.2, 0.25) is 0 Å². The molecule has 7 nitrogen and oxygen atoms in total. The number of aryl methyl sites for hydroxylation is 1. The summed E-state index contributed by atoms with van der Waals surface area (Å²) in [6.45, 7) is 3.74. The van der Waals surface area contributed by atoms with Crippen LogP contribution in [0, 0.1) is 13.8 Å². The van der Waals surface area contributed by atoms with Crippen molar-refractivity contribution in [2.45, 2.75) is 32.2 Å². The third-order valence-corrected chi connectivity index (χ3v) is 5.15. The van der Waals surface area contributed by atoms with Crippen molar-refractivity contribution in [1.82, 2.24) is 15.0 Å². The van der Waals surface area contributed by atoms with Crippen LogP contribution in [0.1, 0.15) is 51.3 Å². The average Bonchev–Trinajstić information content (AvgIpc) is 3.34. The summed E-state index contributed by atoms with van der Waals surface area (Å²) in [4.78, 5) is 24.5. The Morgan fingerprint density at radius 1 is 1.22 bits per heavy atom. The van der Waals surface area contributed by atoms with Crippen LogP contribution in [0.15, 0.2) is 47.2 Å². The van der Waals surface area contributed by atoms with E-state index in [0.717, 1.165) is 22.5 Å². The Bertz CT molecular complexity index is 1020. The van der Waals surface area contributed by atoms with E-state index < -0.39 is 11.9 Å². The highest BCUT2D eigenvalue weighted by atomic mass is 16.5. The first-order chi connectivity index (χ1) is 13.0. The van der Waals surface area contributed by atoms with Crippen LogP contribution in [0.2, 0.25) is 0 Å². The first-order valence-corrected chi connectivity index (χ1v) is 8.69. The van der Waals surface area contributed by atoms with Crippen LogP contribution in [0.25, 0.3) is 5.82 Å². The van der Waals surface area contributed by atoms with Crippen LogP contribution < -0.4 is 5.32 Å². The van der Waals surface area contributed by atoms with Gasteiger partial charge in [0.1, 0.15) is 6.26 Å². The van der Waals surface area contributed by atoms with Gasteiger partial charge < -0.3 is 14.9 Å². The molecule has 0 unspecified atom stereocenters. The van der Waals surface area contributed by atoms with Crippen molar-refractivity contribution in [2.24, 2.45) is 0 Å². The highest BCUT2D eigenvalue weighted by molar-refractivity contribution is 5.96. The molecule has 2 heterocycles. The van der Waals surface area contributed by atoms with Crippen LogP contribution in [-0.4, -0.2) is 26.7 Å². The van der Waals surface area contributed by atoms with E-state index in [-0.39, 0.29) is 11.9 Å². The summed E-state index contributed by atoms with van der Waals surface area (Å²) in [5.41, 5.74) is 3.78. The van der Waals surface area contributed by atoms with E-state index in [2.05, 4.69) is 10.5 Å². The Morgan fingerprint density at radius 2 is 1.96 bits per heavy atom. The number of aliphatic carboxylic acids is 1. The molecule has 0 saturated heterocycles. The second-order valence-corrected chi connectivity index (χ2v) is 6.76. The first-order valence-electron chi connectivity index (χ1n) is 8.69. The lowest BCUT2D eigenvalue weighted by atomic mass is 10.0. The van der Waals surface area contributed by atoms with Crippen LogP contribution in [-0.2, 0) is 4.79 Å². The molecule has 1 aromatic carbocycles. The number of carboxylic acid groups (broad SMARTS) is 1. The van der Waals surface area contributed by atoms with E-state index in [1.807, 2.05) is 42.7 Å². The second kappa shape index (κ2) is 6.42. The molecule has 27 heavy (non-hydrogen) atoms. The molecule has 2 atom stereocenters. The maximum Gasteiger partial charge on any atom is 0.311 e. The van der Waals surface area contributed by atoms with E-state index in [1.165, 1.54) is 6.26 Å². The monoisotopic (exact) mass is 365 g/mol. The number of hydrogen-bond acceptors (Lipinski definition) is 4. The van der Waals surface area contributed by atoms with Gasteiger partial charge >= 0.3 is 5.97 Å². The highest BCUT2D eigenvalue weighted by Gasteiger charge is 2.36. The topological polar surface area (TPSA) is 97.4 Å². The van der Waals surface area contributed by atoms with Gasteiger partial charge in [-0.3, -0.25) is 14.2 Å². The number of carbonyl (C=O) groups is 2. The molecule has 0 radical (unpaired) electrons. The maximum absolute atomic E-state index is 12.9. The van der Waals surface area contributed by atoms with Crippen molar-refractivity contribution in [3.63, 3.8) is 0 Å². The molecule has 0 aliphatic heterocycles. The van der Waals surface area contributed by atoms with Gasteiger partial charge in [-0.05, 0) is 37.5 Å². The summed E-state index contributed by atoms with van der Waals surface area (Å²) in [6, 6.07) is 10.6. The number of amides is 1. The van der Waals surface area contributed by atoms with Crippen molar-refractivity contribution in [3.05, 3.63) is 70.7 Å². The zero-order chi connectivity index (χ0) is 19.1. The second-order valence-electron chi connectivity index (χ2n) is 6.76. The summed E-state index contributed by atoms with van der Waals surface area (Å²) in [7, 11) is 0. The van der Waals surface area contributed by atoms with Gasteiger partial charge in [-0.15, -0.1) is 0 Å². The lowest BCUT2D eigenvalue weighted by Gasteiger charge is -2.14. The Morgan fingerprint density at radius 3 is 2.63 bits per heavy atom. The molecular formula is C20H19N3O4. The van der Waals surface area contributed by atoms with E-state index in [1.54, 1.807) is 12.1 Å². The third-order valence-electron chi connectivity index (χ3n) is 5.15. The van der Waals surface area contributed by atoms with Crippen molar-refractivity contribution in [2.75, 3.05) is 0 Å². The minimum atomic E-state index is -0.872. The summed E-state index contributed by atoms with van der Waals surface area (Å²) in [6.07, 6.45) is 1.83. The Hall–Kier alpha value is -3.35. The number of carboxylic acids is 1. The molecule has 0 saturated carbocycles. The summed E-state index contributed by atoms with van der Waals surface area (Å²) >= 11 is 0. The van der Waals surface area contributed by atoms with Crippen molar-refractivity contribution in [1.29, 1.82) is 0 Å². The summed E-state index contributed by atoms with van der Waals surface area (Å²) < 4.78 is 6.75. The minimum Gasteiger partial charge on any atom is -0.481 e. The van der Waals surface area contributed by atoms with Crippen molar-refractivity contribution < 1.29 is 19.2 Å². The standard InChI is InChI=1S/C20H19N3O4/c1-11-9-15(12(2)23(11)18-7-8-27-22-18)19(24)21-17-10-16(20(25)26)13-5-3-4-6-14(13)17/h3-9,16-17H,10H2,1-2H3,(H,21,24)(H,25,26)/t16-,17+/m0/s1. The molecule has 3 aromatic rings. The lowest BCUT2D eigenvalue weighted by Crippen LogP contribution is -2.28. The average molecular weight is 365 g/mol. The molecule has 1 amide bonds. The number of rotatable bonds is 4. The number of carbonyl (C=O) groups excluding carboxylic acids is 1. The molecule has 0 fully saturated rings. The largest absolute Gasteiger partial charge is 0.481 e. The van der Waals surface area contributed by atoms with E-state index in [4.69, 9.17) is 4.52 Å². The number of aromatic nitrogens is 2. The molecular weight excluding hydrogens is 346 g/mol. The Kier molecular flexibility index (Phi) is 4.07. The smallest absolute Gasteiger partial charge is 0.311 e. The summed E-state index contributed by atoms with van der Waals surface area (Å²) in [5.74, 6) is -1.10. The minimum absolute atomic E-state index is 0.233. The lowest BCUT2D eigenvalue weighted by molar-refractivity contribution is -0.138. The SMILES string of the molecule is Cc1cc(C(=O)N[C@@H]2C[C@H](C(=O)O)c3ccccc32)c(C)n1-c1ccon1. The van der Waals surface area contributed by atoms with Gasteiger partial charge in [-0.25, -0.2) is 0 Å². The normalized spacial score (nSPS) is 18.3. The molecule has 7 heteroatoms. The Labute approximate surface area is 155 Å². The molecule has 4 rings (SSSR count). The van der Waals surface area contributed by atoms with Crippen LogP contribution in [0.3, 0.4) is 0 Å². The van der Waals surface area contributed by atoms with E-state index in [9.17, 15) is 14.7 Å². The zero-order valence-electron chi connectivity index (χ0n) is 15.0. The molecule has 1 aliphatic carbocycles. The number of hydrogen-bond donors (Lipinski definition) is 2. The van der Waals surface area contributed by atoms with Gasteiger partial charge in [0, 0.05) is 17.5 Å².